The van der Waals surface area contributed by atoms with Crippen LogP contribution >= 0.6 is 0 Å². The van der Waals surface area contributed by atoms with Crippen LogP contribution in [0.2, 0.25) is 0 Å². The first-order chi connectivity index (χ1) is 8.69. The largest absolute Gasteiger partial charge is 0.335 e. The van der Waals surface area contributed by atoms with E-state index < -0.39 is 0 Å². The van der Waals surface area contributed by atoms with Crippen molar-refractivity contribution in [3.05, 3.63) is 35.4 Å². The first kappa shape index (κ1) is 12.4. The van der Waals surface area contributed by atoms with Crippen molar-refractivity contribution < 1.29 is 4.79 Å². The molecule has 0 aliphatic heterocycles. The third-order valence-electron chi connectivity index (χ3n) is 3.22. The summed E-state index contributed by atoms with van der Waals surface area (Å²) in [6.07, 6.45) is 2.44. The number of rotatable bonds is 4. The first-order valence-electron chi connectivity index (χ1n) is 6.22. The number of carbonyl (C=O) groups is 1. The smallest absolute Gasteiger partial charge is 0.315 e. The third-order valence-corrected chi connectivity index (χ3v) is 3.22. The van der Waals surface area contributed by atoms with E-state index in [0.717, 1.165) is 5.56 Å². The van der Waals surface area contributed by atoms with Crippen LogP contribution in [-0.4, -0.2) is 12.1 Å². The molecule has 94 valence electrons. The molecule has 0 spiro atoms. The lowest BCUT2D eigenvalue weighted by molar-refractivity contribution is 0.236. The van der Waals surface area contributed by atoms with Crippen LogP contribution in [0.4, 0.5) is 4.79 Å². The van der Waals surface area contributed by atoms with E-state index in [0.29, 0.717) is 18.0 Å². The van der Waals surface area contributed by atoms with Gasteiger partial charge in [0.15, 0.2) is 0 Å². The van der Waals surface area contributed by atoms with Gasteiger partial charge in [-0.25, -0.2) is 4.79 Å². The minimum Gasteiger partial charge on any atom is -0.335 e. The average molecular weight is 243 g/mol. The van der Waals surface area contributed by atoms with E-state index in [1.165, 1.54) is 12.8 Å². The Morgan fingerprint density at radius 2 is 2.11 bits per heavy atom. The summed E-state index contributed by atoms with van der Waals surface area (Å²) in [6, 6.07) is 9.40. The molecule has 2 amide bonds. The van der Waals surface area contributed by atoms with E-state index in [-0.39, 0.29) is 12.1 Å². The minimum absolute atomic E-state index is 0.126. The number of amides is 2. The number of benzene rings is 1. The molecule has 0 saturated heterocycles. The standard InChI is InChI=1S/C14H17N3O/c1-10(13-6-7-13)17-14(18)16-9-12-4-2-11(8-15)3-5-12/h2-5,10,13H,6-7,9H2,1H3,(H2,16,17,18). The van der Waals surface area contributed by atoms with Crippen LogP contribution in [0.15, 0.2) is 24.3 Å². The molecule has 1 aromatic carbocycles. The van der Waals surface area contributed by atoms with Gasteiger partial charge in [0.2, 0.25) is 0 Å². The monoisotopic (exact) mass is 243 g/mol. The average Bonchev–Trinajstić information content (AvgIpc) is 3.21. The fourth-order valence-corrected chi connectivity index (χ4v) is 1.85. The van der Waals surface area contributed by atoms with E-state index in [4.69, 9.17) is 5.26 Å². The summed E-state index contributed by atoms with van der Waals surface area (Å²) in [5.41, 5.74) is 1.62. The van der Waals surface area contributed by atoms with Gasteiger partial charge in [-0.1, -0.05) is 12.1 Å². The number of nitrogens with zero attached hydrogens (tertiary/aromatic N) is 1. The fourth-order valence-electron chi connectivity index (χ4n) is 1.85. The Morgan fingerprint density at radius 3 is 2.67 bits per heavy atom. The lowest BCUT2D eigenvalue weighted by atomic mass is 10.1. The van der Waals surface area contributed by atoms with Gasteiger partial charge in [0.25, 0.3) is 0 Å². The molecule has 1 saturated carbocycles. The molecular weight excluding hydrogens is 226 g/mol. The van der Waals surface area contributed by atoms with Crippen molar-refractivity contribution in [1.29, 1.82) is 5.26 Å². The van der Waals surface area contributed by atoms with Gasteiger partial charge < -0.3 is 10.6 Å². The lowest BCUT2D eigenvalue weighted by Crippen LogP contribution is -2.41. The van der Waals surface area contributed by atoms with Gasteiger partial charge in [-0.2, -0.15) is 5.26 Å². The predicted octanol–water partition coefficient (Wildman–Crippen LogP) is 2.16. The summed E-state index contributed by atoms with van der Waals surface area (Å²) in [5, 5.41) is 14.4. The molecule has 0 aromatic heterocycles. The molecule has 1 aliphatic carbocycles. The number of urea groups is 1. The molecular formula is C14H17N3O. The van der Waals surface area contributed by atoms with Crippen LogP contribution in [-0.2, 0) is 6.54 Å². The Balaban J connectivity index is 1.76. The van der Waals surface area contributed by atoms with Crippen LogP contribution in [0, 0.1) is 17.2 Å². The van der Waals surface area contributed by atoms with Crippen molar-refractivity contribution in [2.24, 2.45) is 5.92 Å². The maximum Gasteiger partial charge on any atom is 0.315 e. The Morgan fingerprint density at radius 1 is 1.44 bits per heavy atom. The van der Waals surface area contributed by atoms with E-state index in [2.05, 4.69) is 16.7 Å². The SMILES string of the molecule is CC(NC(=O)NCc1ccc(C#N)cc1)C1CC1. The topological polar surface area (TPSA) is 64.9 Å². The Kier molecular flexibility index (Phi) is 3.83. The van der Waals surface area contributed by atoms with Crippen LogP contribution in [0.5, 0.6) is 0 Å². The molecule has 4 nitrogen and oxygen atoms in total. The van der Waals surface area contributed by atoms with Crippen LogP contribution in [0.25, 0.3) is 0 Å². The van der Waals surface area contributed by atoms with Gasteiger partial charge in [-0.3, -0.25) is 0 Å². The van der Waals surface area contributed by atoms with Gasteiger partial charge >= 0.3 is 6.03 Å². The van der Waals surface area contributed by atoms with Crippen molar-refractivity contribution in [3.8, 4) is 6.07 Å². The molecule has 1 atom stereocenters. The zero-order valence-electron chi connectivity index (χ0n) is 10.4. The quantitative estimate of drug-likeness (QED) is 0.851. The zero-order valence-corrected chi connectivity index (χ0v) is 10.4. The molecule has 0 radical (unpaired) electrons. The van der Waals surface area contributed by atoms with Crippen molar-refractivity contribution in [1.82, 2.24) is 10.6 Å². The highest BCUT2D eigenvalue weighted by Crippen LogP contribution is 2.32. The maximum atomic E-state index is 11.6. The zero-order chi connectivity index (χ0) is 13.0. The van der Waals surface area contributed by atoms with Crippen molar-refractivity contribution in [3.63, 3.8) is 0 Å². The van der Waals surface area contributed by atoms with E-state index >= 15 is 0 Å². The number of hydrogen-bond acceptors (Lipinski definition) is 2. The van der Waals surface area contributed by atoms with Gasteiger partial charge in [-0.05, 0) is 43.4 Å². The summed E-state index contributed by atoms with van der Waals surface area (Å²) in [5.74, 6) is 0.658. The Hall–Kier alpha value is -2.02. The fraction of sp³-hybridized carbons (Fsp3) is 0.429. The molecule has 1 fully saturated rings. The predicted molar refractivity (Wildman–Crippen MR) is 68.7 cm³/mol. The molecule has 1 aliphatic rings. The number of hydrogen-bond donors (Lipinski definition) is 2. The Bertz CT molecular complexity index is 457. The normalized spacial score (nSPS) is 15.6. The maximum absolute atomic E-state index is 11.6. The number of carbonyl (C=O) groups excluding carboxylic acids is 1. The Labute approximate surface area is 107 Å². The van der Waals surface area contributed by atoms with Gasteiger partial charge in [0.05, 0.1) is 11.6 Å². The summed E-state index contributed by atoms with van der Waals surface area (Å²) in [6.45, 7) is 2.52. The van der Waals surface area contributed by atoms with Gasteiger partial charge in [-0.15, -0.1) is 0 Å². The van der Waals surface area contributed by atoms with Crippen molar-refractivity contribution in [2.75, 3.05) is 0 Å². The molecule has 0 bridgehead atoms. The van der Waals surface area contributed by atoms with Gasteiger partial charge in [0.1, 0.15) is 0 Å². The summed E-state index contributed by atoms with van der Waals surface area (Å²) >= 11 is 0. The minimum atomic E-state index is -0.126. The van der Waals surface area contributed by atoms with Crippen molar-refractivity contribution in [2.45, 2.75) is 32.4 Å². The summed E-state index contributed by atoms with van der Waals surface area (Å²) in [4.78, 5) is 11.6. The van der Waals surface area contributed by atoms with Crippen LogP contribution < -0.4 is 10.6 Å². The molecule has 2 N–H and O–H groups in total. The lowest BCUT2D eigenvalue weighted by Gasteiger charge is -2.13. The first-order valence-corrected chi connectivity index (χ1v) is 6.22. The van der Waals surface area contributed by atoms with Crippen molar-refractivity contribution >= 4 is 6.03 Å². The second-order valence-electron chi connectivity index (χ2n) is 4.76. The highest BCUT2D eigenvalue weighted by molar-refractivity contribution is 5.74. The molecule has 4 heteroatoms. The van der Waals surface area contributed by atoms with Gasteiger partial charge in [0, 0.05) is 12.6 Å². The summed E-state index contributed by atoms with van der Waals surface area (Å²) in [7, 11) is 0. The number of nitrogens with one attached hydrogen (secondary N) is 2. The highest BCUT2D eigenvalue weighted by atomic mass is 16.2. The highest BCUT2D eigenvalue weighted by Gasteiger charge is 2.28. The van der Waals surface area contributed by atoms with E-state index in [1.807, 2.05) is 19.1 Å². The third kappa shape index (κ3) is 3.49. The van der Waals surface area contributed by atoms with Crippen LogP contribution in [0.1, 0.15) is 30.9 Å². The second-order valence-corrected chi connectivity index (χ2v) is 4.76. The molecule has 18 heavy (non-hydrogen) atoms. The van der Waals surface area contributed by atoms with Crippen LogP contribution in [0.3, 0.4) is 0 Å². The number of nitriles is 1. The molecule has 1 aromatic rings. The molecule has 0 heterocycles. The second kappa shape index (κ2) is 5.54. The van der Waals surface area contributed by atoms with E-state index in [9.17, 15) is 4.79 Å². The molecule has 1 unspecified atom stereocenters. The molecule has 2 rings (SSSR count). The summed E-state index contributed by atoms with van der Waals surface area (Å²) < 4.78 is 0. The van der Waals surface area contributed by atoms with E-state index in [1.54, 1.807) is 12.1 Å².